The molecule has 0 heterocycles. The zero-order valence-electron chi connectivity index (χ0n) is 16.1. The average Bonchev–Trinajstić information content (AvgIpc) is 2.67. The molecule has 0 bridgehead atoms. The lowest BCUT2D eigenvalue weighted by Crippen LogP contribution is -2.16. The molecule has 1 atom stereocenters. The first-order valence-corrected chi connectivity index (χ1v) is 11.4. The number of benzene rings is 2. The summed E-state index contributed by atoms with van der Waals surface area (Å²) in [4.78, 5) is 11.0. The number of nitro groups is 1. The largest absolute Gasteiger partial charge is 0.504 e. The molecule has 0 saturated heterocycles. The molecule has 2 aromatic rings. The van der Waals surface area contributed by atoms with Gasteiger partial charge in [-0.15, -0.1) is 0 Å². The van der Waals surface area contributed by atoms with Gasteiger partial charge in [0.2, 0.25) is 0 Å². The van der Waals surface area contributed by atoms with Crippen LogP contribution in [0.3, 0.4) is 0 Å². The number of nitrogens with one attached hydrogen (secondary N) is 1. The molecule has 0 fully saturated rings. The van der Waals surface area contributed by atoms with Gasteiger partial charge in [-0.3, -0.25) is 14.7 Å². The molecule has 0 saturated carbocycles. The van der Waals surface area contributed by atoms with Crippen LogP contribution in [0.2, 0.25) is 0 Å². The van der Waals surface area contributed by atoms with Gasteiger partial charge in [-0.05, 0) is 66.3 Å². The lowest BCUT2D eigenvalue weighted by molar-refractivity contribution is -0.384. The maximum Gasteiger partial charge on any atom is 0.357 e. The molecule has 0 aliphatic carbocycles. The smallest absolute Gasteiger partial charge is 0.357 e. The summed E-state index contributed by atoms with van der Waals surface area (Å²) in [6.45, 7) is 3.57. The van der Waals surface area contributed by atoms with E-state index >= 15 is 0 Å². The number of ether oxygens (including phenoxy) is 1. The molecule has 9 nitrogen and oxygen atoms in total. The van der Waals surface area contributed by atoms with E-state index in [0.717, 1.165) is 0 Å². The van der Waals surface area contributed by atoms with E-state index in [0.29, 0.717) is 9.13 Å². The Morgan fingerprint density at radius 2 is 1.86 bits per heavy atom. The number of halogens is 1. The molecule has 158 valence electrons. The number of aromatic hydroxyl groups is 1. The van der Waals surface area contributed by atoms with Crippen LogP contribution in [0, 0.1) is 13.7 Å². The number of rotatable bonds is 10. The maximum atomic E-state index is 13.6. The Hall–Kier alpha value is -1.88. The molecule has 0 amide bonds. The summed E-state index contributed by atoms with van der Waals surface area (Å²) in [5.74, 6) is -1.01. The quantitative estimate of drug-likeness (QED) is 0.182. The standard InChI is InChI=1S/C18H22IN2O7P/c1-4-27-29(25,28-5-2)18(12-6-9-16(22)17(10-12)26-3)20-14-8-7-13(19)11-15(14)21(23)24/h6-11,18,20,22H,4-5H2,1-3H3. The van der Waals surface area contributed by atoms with Gasteiger partial charge in [0.1, 0.15) is 5.69 Å². The Morgan fingerprint density at radius 1 is 1.21 bits per heavy atom. The highest BCUT2D eigenvalue weighted by molar-refractivity contribution is 14.1. The van der Waals surface area contributed by atoms with Crippen molar-refractivity contribution in [2.24, 2.45) is 0 Å². The Bertz CT molecular complexity index is 915. The van der Waals surface area contributed by atoms with Gasteiger partial charge in [0, 0.05) is 9.64 Å². The van der Waals surface area contributed by atoms with Crippen molar-refractivity contribution < 1.29 is 28.4 Å². The first-order chi connectivity index (χ1) is 13.8. The van der Waals surface area contributed by atoms with Gasteiger partial charge in [0.05, 0.1) is 25.2 Å². The van der Waals surface area contributed by atoms with Crippen molar-refractivity contribution in [2.45, 2.75) is 19.6 Å². The highest BCUT2D eigenvalue weighted by atomic mass is 127. The molecule has 2 rings (SSSR count). The molecule has 0 aromatic heterocycles. The lowest BCUT2D eigenvalue weighted by Gasteiger charge is -2.28. The molecule has 29 heavy (non-hydrogen) atoms. The van der Waals surface area contributed by atoms with Crippen molar-refractivity contribution in [3.8, 4) is 11.5 Å². The van der Waals surface area contributed by atoms with Gasteiger partial charge in [0.15, 0.2) is 17.3 Å². The van der Waals surface area contributed by atoms with Crippen molar-refractivity contribution >= 4 is 41.6 Å². The van der Waals surface area contributed by atoms with Crippen LogP contribution in [0.4, 0.5) is 11.4 Å². The fourth-order valence-electron chi connectivity index (χ4n) is 2.68. The van der Waals surface area contributed by atoms with Gasteiger partial charge < -0.3 is 24.2 Å². The second kappa shape index (κ2) is 10.2. The van der Waals surface area contributed by atoms with E-state index in [2.05, 4.69) is 5.32 Å². The minimum Gasteiger partial charge on any atom is -0.504 e. The summed E-state index contributed by atoms with van der Waals surface area (Å²) >= 11 is 1.98. The summed E-state index contributed by atoms with van der Waals surface area (Å²) in [6, 6.07) is 9.02. The van der Waals surface area contributed by atoms with Gasteiger partial charge in [-0.25, -0.2) is 0 Å². The van der Waals surface area contributed by atoms with E-state index in [1.54, 1.807) is 19.9 Å². The number of hydrogen-bond acceptors (Lipinski definition) is 8. The Balaban J connectivity index is 2.62. The van der Waals surface area contributed by atoms with Crippen molar-refractivity contribution in [2.75, 3.05) is 25.6 Å². The van der Waals surface area contributed by atoms with E-state index in [1.807, 2.05) is 22.6 Å². The van der Waals surface area contributed by atoms with Crippen molar-refractivity contribution in [3.63, 3.8) is 0 Å². The van der Waals surface area contributed by atoms with Crippen molar-refractivity contribution in [1.82, 2.24) is 0 Å². The second-order valence-electron chi connectivity index (χ2n) is 5.77. The molecule has 0 aliphatic heterocycles. The zero-order chi connectivity index (χ0) is 21.6. The van der Waals surface area contributed by atoms with E-state index in [4.69, 9.17) is 13.8 Å². The van der Waals surface area contributed by atoms with E-state index in [9.17, 15) is 19.8 Å². The van der Waals surface area contributed by atoms with Crippen LogP contribution >= 0.6 is 30.2 Å². The Kier molecular flexibility index (Phi) is 8.26. The molecule has 0 radical (unpaired) electrons. The van der Waals surface area contributed by atoms with Crippen LogP contribution in [0.25, 0.3) is 0 Å². The number of methoxy groups -OCH3 is 1. The normalized spacial score (nSPS) is 12.4. The van der Waals surface area contributed by atoms with Crippen LogP contribution in [0.5, 0.6) is 11.5 Å². The molecule has 2 aromatic carbocycles. The monoisotopic (exact) mass is 536 g/mol. The number of phenolic OH excluding ortho intramolecular Hbond substituents is 1. The number of phenols is 1. The summed E-state index contributed by atoms with van der Waals surface area (Å²) < 4.78 is 30.4. The minimum absolute atomic E-state index is 0.0992. The molecule has 11 heteroatoms. The lowest BCUT2D eigenvalue weighted by atomic mass is 10.2. The van der Waals surface area contributed by atoms with Crippen LogP contribution in [0.1, 0.15) is 25.2 Å². The summed E-state index contributed by atoms with van der Waals surface area (Å²) in [6.07, 6.45) is 0. The van der Waals surface area contributed by atoms with Crippen LogP contribution in [-0.4, -0.2) is 30.4 Å². The van der Waals surface area contributed by atoms with E-state index < -0.39 is 18.3 Å². The van der Waals surface area contributed by atoms with E-state index in [1.165, 1.54) is 37.4 Å². The molecule has 0 spiro atoms. The molecule has 0 aliphatic rings. The van der Waals surface area contributed by atoms with Gasteiger partial charge >= 0.3 is 7.60 Å². The third-order valence-electron chi connectivity index (χ3n) is 3.90. The predicted octanol–water partition coefficient (Wildman–Crippen LogP) is 5.29. The minimum atomic E-state index is -3.80. The first-order valence-electron chi connectivity index (χ1n) is 8.71. The fourth-order valence-corrected chi connectivity index (χ4v) is 5.07. The van der Waals surface area contributed by atoms with Gasteiger partial charge in [-0.1, -0.05) is 6.07 Å². The highest BCUT2D eigenvalue weighted by Crippen LogP contribution is 2.61. The van der Waals surface area contributed by atoms with Gasteiger partial charge in [-0.2, -0.15) is 0 Å². The highest BCUT2D eigenvalue weighted by Gasteiger charge is 2.38. The zero-order valence-corrected chi connectivity index (χ0v) is 19.2. The molecular weight excluding hydrogens is 514 g/mol. The topological polar surface area (TPSA) is 120 Å². The summed E-state index contributed by atoms with van der Waals surface area (Å²) in [7, 11) is -2.41. The molecule has 2 N–H and O–H groups in total. The predicted molar refractivity (Wildman–Crippen MR) is 118 cm³/mol. The third kappa shape index (κ3) is 5.59. The Labute approximate surface area is 182 Å². The summed E-state index contributed by atoms with van der Waals surface area (Å²) in [5, 5.41) is 24.4. The van der Waals surface area contributed by atoms with Crippen LogP contribution in [-0.2, 0) is 13.6 Å². The molecular formula is C18H22IN2O7P. The van der Waals surface area contributed by atoms with E-state index in [-0.39, 0.29) is 36.1 Å². The number of hydrogen-bond donors (Lipinski definition) is 2. The summed E-state index contributed by atoms with van der Waals surface area (Å²) in [5.41, 5.74) is 0.400. The third-order valence-corrected chi connectivity index (χ3v) is 6.87. The maximum absolute atomic E-state index is 13.6. The second-order valence-corrected chi connectivity index (χ2v) is 9.13. The molecule has 1 unspecified atom stereocenters. The number of anilines is 1. The van der Waals surface area contributed by atoms with Crippen molar-refractivity contribution in [1.29, 1.82) is 0 Å². The van der Waals surface area contributed by atoms with Crippen LogP contribution in [0.15, 0.2) is 36.4 Å². The first kappa shape index (κ1) is 23.4. The SMILES string of the molecule is CCOP(=O)(OCC)C(Nc1ccc(I)cc1[N+](=O)[O-])c1ccc(O)c(OC)c1. The average molecular weight is 536 g/mol. The number of nitro benzene ring substituents is 1. The number of nitrogens with zero attached hydrogens (tertiary/aromatic N) is 1. The van der Waals surface area contributed by atoms with Gasteiger partial charge in [0.25, 0.3) is 5.69 Å². The van der Waals surface area contributed by atoms with Crippen molar-refractivity contribution in [3.05, 3.63) is 55.6 Å². The van der Waals surface area contributed by atoms with Crippen LogP contribution < -0.4 is 10.1 Å². The fraction of sp³-hybridized carbons (Fsp3) is 0.333. The Morgan fingerprint density at radius 3 is 2.41 bits per heavy atom.